The number of ether oxygens (including phenoxy) is 1. The molecule has 1 saturated heterocycles. The second kappa shape index (κ2) is 10.3. The third-order valence-electron chi connectivity index (χ3n) is 4.08. The molecule has 0 spiro atoms. The number of amides is 1. The second-order valence-corrected chi connectivity index (χ2v) is 6.09. The Morgan fingerprint density at radius 2 is 1.96 bits per heavy atom. The number of anilines is 3. The van der Waals surface area contributed by atoms with Gasteiger partial charge in [0.2, 0.25) is 5.95 Å². The minimum atomic E-state index is -0.594. The zero-order chi connectivity index (χ0) is 17.8. The number of hydrogen-bond acceptors (Lipinski definition) is 7. The van der Waals surface area contributed by atoms with Crippen molar-refractivity contribution in [1.29, 1.82) is 0 Å². The summed E-state index contributed by atoms with van der Waals surface area (Å²) in [6.07, 6.45) is 2.18. The number of hydrogen-bond donors (Lipinski definition) is 4. The number of carbonyl (C=O) groups is 1. The summed E-state index contributed by atoms with van der Waals surface area (Å²) >= 11 is 0. The fraction of sp³-hybridized carbons (Fsp3) is 0.353. The first-order valence-corrected chi connectivity index (χ1v) is 8.13. The predicted molar refractivity (Wildman–Crippen MR) is 110 cm³/mol. The molecule has 2 atom stereocenters. The fourth-order valence-electron chi connectivity index (χ4n) is 2.61. The lowest BCUT2D eigenvalue weighted by atomic mass is 10.1. The molecule has 1 aliphatic rings. The largest absolute Gasteiger partial charge is 0.380 e. The average Bonchev–Trinajstić information content (AvgIpc) is 2.59. The van der Waals surface area contributed by atoms with E-state index in [0.717, 1.165) is 17.7 Å². The molecule has 0 unspecified atom stereocenters. The van der Waals surface area contributed by atoms with Crippen molar-refractivity contribution in [2.45, 2.75) is 25.4 Å². The van der Waals surface area contributed by atoms with Crippen LogP contribution in [0.3, 0.4) is 0 Å². The average molecular weight is 415 g/mol. The highest BCUT2D eigenvalue weighted by atomic mass is 35.5. The quantitative estimate of drug-likeness (QED) is 0.588. The summed E-state index contributed by atoms with van der Waals surface area (Å²) in [5.41, 5.74) is 13.6. The predicted octanol–water partition coefficient (Wildman–Crippen LogP) is 2.00. The minimum Gasteiger partial charge on any atom is -0.380 e. The van der Waals surface area contributed by atoms with Gasteiger partial charge in [-0.25, -0.2) is 4.98 Å². The normalized spacial score (nSPS) is 18.6. The molecule has 10 heteroatoms. The Morgan fingerprint density at radius 1 is 1.26 bits per heavy atom. The van der Waals surface area contributed by atoms with Crippen molar-refractivity contribution in [3.63, 3.8) is 0 Å². The van der Waals surface area contributed by atoms with Crippen LogP contribution in [0.2, 0.25) is 0 Å². The van der Waals surface area contributed by atoms with Crippen LogP contribution in [0.15, 0.2) is 30.5 Å². The topological polar surface area (TPSA) is 128 Å². The van der Waals surface area contributed by atoms with Gasteiger partial charge < -0.3 is 26.8 Å². The third kappa shape index (κ3) is 5.93. The van der Waals surface area contributed by atoms with Gasteiger partial charge in [0, 0.05) is 30.6 Å². The maximum atomic E-state index is 11.7. The molecular weight excluding hydrogens is 391 g/mol. The van der Waals surface area contributed by atoms with Crippen molar-refractivity contribution < 1.29 is 9.53 Å². The molecule has 148 valence electrons. The van der Waals surface area contributed by atoms with Crippen LogP contribution in [-0.2, 0) is 4.74 Å². The van der Waals surface area contributed by atoms with Crippen molar-refractivity contribution in [2.75, 3.05) is 23.8 Å². The van der Waals surface area contributed by atoms with Gasteiger partial charge >= 0.3 is 0 Å². The van der Waals surface area contributed by atoms with Crippen LogP contribution in [-0.4, -0.2) is 41.2 Å². The van der Waals surface area contributed by atoms with E-state index in [1.807, 2.05) is 31.2 Å². The van der Waals surface area contributed by atoms with Gasteiger partial charge in [0.05, 0.1) is 6.61 Å². The molecule has 1 aromatic heterocycles. The van der Waals surface area contributed by atoms with E-state index >= 15 is 0 Å². The number of nitrogens with two attached hydrogens (primary N) is 2. The molecule has 8 nitrogen and oxygen atoms in total. The van der Waals surface area contributed by atoms with E-state index in [2.05, 4.69) is 20.6 Å². The monoisotopic (exact) mass is 414 g/mol. The van der Waals surface area contributed by atoms with Crippen LogP contribution in [0.5, 0.6) is 0 Å². The van der Waals surface area contributed by atoms with Crippen molar-refractivity contribution in [3.05, 3.63) is 41.6 Å². The van der Waals surface area contributed by atoms with Crippen LogP contribution in [0.25, 0.3) is 0 Å². The molecule has 3 rings (SSSR count). The van der Waals surface area contributed by atoms with E-state index in [-0.39, 0.29) is 42.5 Å². The Balaban J connectivity index is 0.00000182. The Labute approximate surface area is 170 Å². The van der Waals surface area contributed by atoms with E-state index in [1.165, 1.54) is 6.20 Å². The summed E-state index contributed by atoms with van der Waals surface area (Å²) < 4.78 is 5.33. The summed E-state index contributed by atoms with van der Waals surface area (Å²) in [5, 5.41) is 6.33. The molecule has 1 amide bonds. The molecule has 1 aromatic carbocycles. The minimum absolute atomic E-state index is 0. The smallest absolute Gasteiger partial charge is 0.254 e. The van der Waals surface area contributed by atoms with Gasteiger partial charge in [-0.1, -0.05) is 17.7 Å². The molecule has 1 aliphatic heterocycles. The number of primary amides is 1. The number of benzene rings is 1. The number of aromatic nitrogens is 2. The first-order chi connectivity index (χ1) is 12.0. The van der Waals surface area contributed by atoms with Gasteiger partial charge in [0.25, 0.3) is 5.91 Å². The Bertz CT molecular complexity index is 760. The third-order valence-corrected chi connectivity index (χ3v) is 4.08. The van der Waals surface area contributed by atoms with E-state index in [9.17, 15) is 4.79 Å². The standard InChI is InChI=1S/C17H22N6O2.2ClH/c1-10-2-4-11(5-3-10)21-16-12(15(19)24)8-20-17(23-16)22-14-6-7-25-9-13(14)18;;/h2-5,8,13-14H,6-7,9,18H2,1H3,(H2,19,24)(H2,20,21,22,23);2*1H/t13-,14+;;/m0../s1. The number of nitrogens with zero attached hydrogens (tertiary/aromatic N) is 2. The number of nitrogens with one attached hydrogen (secondary N) is 2. The molecule has 6 N–H and O–H groups in total. The van der Waals surface area contributed by atoms with Crippen molar-refractivity contribution in [2.24, 2.45) is 11.5 Å². The summed E-state index contributed by atoms with van der Waals surface area (Å²) in [7, 11) is 0. The van der Waals surface area contributed by atoms with Crippen LogP contribution in [0.1, 0.15) is 22.3 Å². The van der Waals surface area contributed by atoms with Crippen molar-refractivity contribution >= 4 is 48.2 Å². The number of carbonyl (C=O) groups excluding carboxylic acids is 1. The summed E-state index contributed by atoms with van der Waals surface area (Å²) in [6.45, 7) is 3.13. The van der Waals surface area contributed by atoms with Crippen LogP contribution >= 0.6 is 24.8 Å². The van der Waals surface area contributed by atoms with E-state index in [4.69, 9.17) is 16.2 Å². The summed E-state index contributed by atoms with van der Waals surface area (Å²) in [6, 6.07) is 7.62. The molecule has 0 radical (unpaired) electrons. The lowest BCUT2D eigenvalue weighted by molar-refractivity contribution is 0.0751. The zero-order valence-corrected chi connectivity index (χ0v) is 16.5. The summed E-state index contributed by atoms with van der Waals surface area (Å²) in [4.78, 5) is 20.3. The molecule has 27 heavy (non-hydrogen) atoms. The van der Waals surface area contributed by atoms with Gasteiger partial charge in [0.1, 0.15) is 11.4 Å². The number of halogens is 2. The first kappa shape index (κ1) is 22.9. The zero-order valence-electron chi connectivity index (χ0n) is 14.8. The van der Waals surface area contributed by atoms with Gasteiger partial charge in [-0.05, 0) is 25.5 Å². The summed E-state index contributed by atoms with van der Waals surface area (Å²) in [5.74, 6) is 0.153. The van der Waals surface area contributed by atoms with Gasteiger partial charge in [-0.3, -0.25) is 4.79 Å². The first-order valence-electron chi connectivity index (χ1n) is 8.13. The van der Waals surface area contributed by atoms with Crippen LogP contribution < -0.4 is 22.1 Å². The molecule has 2 heterocycles. The lowest BCUT2D eigenvalue weighted by Gasteiger charge is -2.29. The van der Waals surface area contributed by atoms with Crippen molar-refractivity contribution in [3.8, 4) is 0 Å². The maximum Gasteiger partial charge on any atom is 0.254 e. The highest BCUT2D eigenvalue weighted by molar-refractivity contribution is 5.98. The van der Waals surface area contributed by atoms with Gasteiger partial charge in [-0.2, -0.15) is 4.98 Å². The molecule has 0 bridgehead atoms. The van der Waals surface area contributed by atoms with Crippen LogP contribution in [0, 0.1) is 6.92 Å². The molecular formula is C17H24Cl2N6O2. The van der Waals surface area contributed by atoms with Crippen molar-refractivity contribution in [1.82, 2.24) is 9.97 Å². The highest BCUT2D eigenvalue weighted by Gasteiger charge is 2.23. The lowest BCUT2D eigenvalue weighted by Crippen LogP contribution is -2.47. The van der Waals surface area contributed by atoms with Gasteiger partial charge in [-0.15, -0.1) is 24.8 Å². The van der Waals surface area contributed by atoms with Crippen LogP contribution in [0.4, 0.5) is 17.5 Å². The fourth-order valence-corrected chi connectivity index (χ4v) is 2.61. The number of aryl methyl sites for hydroxylation is 1. The number of rotatable bonds is 5. The Morgan fingerprint density at radius 3 is 2.59 bits per heavy atom. The molecule has 1 fully saturated rings. The van der Waals surface area contributed by atoms with E-state index in [0.29, 0.717) is 25.0 Å². The van der Waals surface area contributed by atoms with E-state index in [1.54, 1.807) is 0 Å². The Kier molecular flexibility index (Phi) is 8.71. The Hall–Kier alpha value is -2.13. The SMILES string of the molecule is Cc1ccc(Nc2nc(N[C@@H]3CCOC[C@@H]3N)ncc2C(N)=O)cc1.Cl.Cl. The molecule has 0 saturated carbocycles. The second-order valence-electron chi connectivity index (χ2n) is 6.09. The molecule has 2 aromatic rings. The van der Waals surface area contributed by atoms with E-state index < -0.39 is 5.91 Å². The van der Waals surface area contributed by atoms with Gasteiger partial charge in [0.15, 0.2) is 0 Å². The highest BCUT2D eigenvalue weighted by Crippen LogP contribution is 2.21. The maximum absolute atomic E-state index is 11.7. The molecule has 0 aliphatic carbocycles.